The van der Waals surface area contributed by atoms with E-state index in [0.29, 0.717) is 42.0 Å². The third kappa shape index (κ3) is 4.28. The lowest BCUT2D eigenvalue weighted by Gasteiger charge is -2.18. The van der Waals surface area contributed by atoms with Crippen LogP contribution < -0.4 is 9.47 Å². The fourth-order valence-electron chi connectivity index (χ4n) is 4.27. The van der Waals surface area contributed by atoms with Crippen LogP contribution in [-0.2, 0) is 26.9 Å². The van der Waals surface area contributed by atoms with Crippen molar-refractivity contribution >= 4 is 22.8 Å². The maximum atomic E-state index is 13.3. The highest BCUT2D eigenvalue weighted by Crippen LogP contribution is 2.33. The minimum absolute atomic E-state index is 0.0987. The second-order valence-corrected chi connectivity index (χ2v) is 8.93. The second kappa shape index (κ2) is 9.41. The Labute approximate surface area is 209 Å². The highest BCUT2D eigenvalue weighted by atomic mass is 16.5. The molecule has 36 heavy (non-hydrogen) atoms. The van der Waals surface area contributed by atoms with Crippen LogP contribution in [0.5, 0.6) is 17.6 Å². The van der Waals surface area contributed by atoms with Crippen LogP contribution >= 0.6 is 0 Å². The van der Waals surface area contributed by atoms with Crippen LogP contribution in [0.4, 0.5) is 0 Å². The van der Waals surface area contributed by atoms with E-state index in [2.05, 4.69) is 26.7 Å². The average molecular weight is 485 g/mol. The molecule has 184 valence electrons. The lowest BCUT2D eigenvalue weighted by Crippen LogP contribution is -2.16. The number of aromatic nitrogens is 6. The van der Waals surface area contributed by atoms with E-state index >= 15 is 0 Å². The molecule has 0 saturated heterocycles. The van der Waals surface area contributed by atoms with Gasteiger partial charge in [-0.3, -0.25) is 14.2 Å². The van der Waals surface area contributed by atoms with E-state index in [-0.39, 0.29) is 23.6 Å². The number of hydrogen-bond donors (Lipinski definition) is 0. The molecule has 5 rings (SSSR count). The first-order chi connectivity index (χ1) is 17.4. The number of hydrogen-bond acceptors (Lipinski definition) is 7. The zero-order chi connectivity index (χ0) is 25.4. The van der Waals surface area contributed by atoms with Gasteiger partial charge in [-0.2, -0.15) is 20.2 Å². The molecule has 0 amide bonds. The molecule has 9 heteroatoms. The van der Waals surface area contributed by atoms with Crippen LogP contribution in [0.1, 0.15) is 47.6 Å². The second-order valence-electron chi connectivity index (χ2n) is 8.93. The summed E-state index contributed by atoms with van der Waals surface area (Å²) >= 11 is 0. The standard InChI is InChI=1S/C27H28N6O3/c1-6-16(3)25(34)24-21(7-2)30-27(36-20-9-11-23-18(13-20)15-29-33(23)5)31-26(24)35-19-8-10-22-17(12-19)14-28-32(22)4/h7-10,12,14-16H,2,6,11,13H2,1,3-5H3. The Morgan fingerprint density at radius 1 is 1.17 bits per heavy atom. The van der Waals surface area contributed by atoms with Crippen molar-refractivity contribution in [1.82, 2.24) is 29.5 Å². The minimum atomic E-state index is -0.229. The molecule has 1 aliphatic carbocycles. The van der Waals surface area contributed by atoms with Crippen molar-refractivity contribution in [2.45, 2.75) is 33.1 Å². The maximum absolute atomic E-state index is 13.3. The van der Waals surface area contributed by atoms with Crippen LogP contribution in [0.2, 0.25) is 0 Å². The van der Waals surface area contributed by atoms with E-state index in [9.17, 15) is 4.79 Å². The van der Waals surface area contributed by atoms with Crippen LogP contribution in [0.25, 0.3) is 17.0 Å². The Morgan fingerprint density at radius 3 is 2.75 bits per heavy atom. The van der Waals surface area contributed by atoms with Crippen molar-refractivity contribution in [2.24, 2.45) is 20.0 Å². The topological polar surface area (TPSA) is 96.9 Å². The number of carbonyl (C=O) groups excluding carboxylic acids is 1. The molecule has 3 heterocycles. The Kier molecular flexibility index (Phi) is 6.13. The van der Waals surface area contributed by atoms with Crippen molar-refractivity contribution in [3.05, 3.63) is 71.5 Å². The number of aryl methyl sites for hydroxylation is 2. The number of fused-ring (bicyclic) bond motifs is 2. The van der Waals surface area contributed by atoms with Crippen LogP contribution in [0.3, 0.4) is 0 Å². The third-order valence-electron chi connectivity index (χ3n) is 6.57. The molecule has 1 unspecified atom stereocenters. The zero-order valence-electron chi connectivity index (χ0n) is 20.9. The summed E-state index contributed by atoms with van der Waals surface area (Å²) in [5, 5.41) is 9.53. The van der Waals surface area contributed by atoms with Gasteiger partial charge in [0.1, 0.15) is 17.1 Å². The molecule has 9 nitrogen and oxygen atoms in total. The van der Waals surface area contributed by atoms with Gasteiger partial charge in [0, 0.05) is 49.5 Å². The molecule has 0 N–H and O–H groups in total. The first-order valence-electron chi connectivity index (χ1n) is 11.9. The normalized spacial score (nSPS) is 13.7. The van der Waals surface area contributed by atoms with Crippen LogP contribution in [0, 0.1) is 5.92 Å². The summed E-state index contributed by atoms with van der Waals surface area (Å²) in [7, 11) is 3.81. The minimum Gasteiger partial charge on any atom is -0.438 e. The molecular formula is C27H28N6O3. The summed E-state index contributed by atoms with van der Waals surface area (Å²) in [6.45, 7) is 7.73. The van der Waals surface area contributed by atoms with Gasteiger partial charge in [-0.1, -0.05) is 20.4 Å². The highest BCUT2D eigenvalue weighted by Gasteiger charge is 2.26. The van der Waals surface area contributed by atoms with Gasteiger partial charge >= 0.3 is 6.01 Å². The fourth-order valence-corrected chi connectivity index (χ4v) is 4.27. The molecule has 1 atom stereocenters. The number of ketones is 1. The van der Waals surface area contributed by atoms with E-state index in [1.165, 1.54) is 6.08 Å². The monoisotopic (exact) mass is 484 g/mol. The van der Waals surface area contributed by atoms with Gasteiger partial charge in [-0.05, 0) is 36.8 Å². The predicted octanol–water partition coefficient (Wildman–Crippen LogP) is 4.82. The van der Waals surface area contributed by atoms with E-state index in [4.69, 9.17) is 9.47 Å². The van der Waals surface area contributed by atoms with Gasteiger partial charge in [-0.15, -0.1) is 0 Å². The van der Waals surface area contributed by atoms with E-state index in [1.807, 2.05) is 63.1 Å². The van der Waals surface area contributed by atoms with Gasteiger partial charge in [0.2, 0.25) is 5.88 Å². The van der Waals surface area contributed by atoms with Crippen LogP contribution in [-0.4, -0.2) is 35.3 Å². The van der Waals surface area contributed by atoms with Crippen molar-refractivity contribution in [3.63, 3.8) is 0 Å². The van der Waals surface area contributed by atoms with Gasteiger partial charge in [0.05, 0.1) is 23.6 Å². The van der Waals surface area contributed by atoms with Gasteiger partial charge < -0.3 is 9.47 Å². The number of Topliss-reactive ketones (excluding diaryl/α,β-unsaturated/α-hetero) is 1. The quantitative estimate of drug-likeness (QED) is 0.331. The van der Waals surface area contributed by atoms with Crippen LogP contribution in [0.15, 0.2) is 49.0 Å². The molecule has 0 fully saturated rings. The van der Waals surface area contributed by atoms with Crippen molar-refractivity contribution in [3.8, 4) is 17.6 Å². The van der Waals surface area contributed by atoms with Crippen molar-refractivity contribution < 1.29 is 14.3 Å². The predicted molar refractivity (Wildman–Crippen MR) is 136 cm³/mol. The lowest BCUT2D eigenvalue weighted by atomic mass is 9.96. The zero-order valence-corrected chi connectivity index (χ0v) is 20.9. The number of allylic oxidation sites excluding steroid dienone is 2. The Balaban J connectivity index is 1.53. The number of nitrogens with zero attached hydrogens (tertiary/aromatic N) is 6. The Bertz CT molecular complexity index is 1510. The molecule has 0 spiro atoms. The number of carbonyl (C=O) groups is 1. The molecule has 1 aliphatic rings. The van der Waals surface area contributed by atoms with Gasteiger partial charge in [-0.25, -0.2) is 0 Å². The summed E-state index contributed by atoms with van der Waals surface area (Å²) < 4.78 is 15.9. The SMILES string of the molecule is C=Cc1nc(OC2=CCc3c(cnn3C)C2)nc(Oc2ccc3c(cnn3C)c2)c1C(=O)C(C)CC. The maximum Gasteiger partial charge on any atom is 0.325 e. The molecule has 4 aromatic rings. The summed E-state index contributed by atoms with van der Waals surface area (Å²) in [5.41, 5.74) is 3.89. The van der Waals surface area contributed by atoms with Crippen molar-refractivity contribution in [2.75, 3.05) is 0 Å². The Morgan fingerprint density at radius 2 is 1.97 bits per heavy atom. The van der Waals surface area contributed by atoms with E-state index < -0.39 is 0 Å². The van der Waals surface area contributed by atoms with E-state index in [0.717, 1.165) is 22.2 Å². The largest absolute Gasteiger partial charge is 0.438 e. The van der Waals surface area contributed by atoms with Gasteiger partial charge in [0.25, 0.3) is 0 Å². The smallest absolute Gasteiger partial charge is 0.325 e. The molecule has 0 bridgehead atoms. The molecular weight excluding hydrogens is 456 g/mol. The first kappa shape index (κ1) is 23.5. The molecule has 0 saturated carbocycles. The van der Waals surface area contributed by atoms with Crippen molar-refractivity contribution in [1.29, 1.82) is 0 Å². The lowest BCUT2D eigenvalue weighted by molar-refractivity contribution is 0.0923. The summed E-state index contributed by atoms with van der Waals surface area (Å²) in [6.07, 6.45) is 9.10. The Hall–Kier alpha value is -4.27. The summed E-state index contributed by atoms with van der Waals surface area (Å²) in [6, 6.07) is 5.70. The number of benzene rings is 1. The summed E-state index contributed by atoms with van der Waals surface area (Å²) in [4.78, 5) is 22.4. The van der Waals surface area contributed by atoms with E-state index in [1.54, 1.807) is 10.9 Å². The number of ether oxygens (including phenoxy) is 2. The molecule has 1 aromatic carbocycles. The highest BCUT2D eigenvalue weighted by molar-refractivity contribution is 6.02. The number of rotatable bonds is 8. The first-order valence-corrected chi connectivity index (χ1v) is 11.9. The molecule has 0 aliphatic heterocycles. The summed E-state index contributed by atoms with van der Waals surface area (Å²) in [5.74, 6) is 1.06. The fraction of sp³-hybridized carbons (Fsp3) is 0.296. The van der Waals surface area contributed by atoms with Gasteiger partial charge in [0.15, 0.2) is 5.78 Å². The average Bonchev–Trinajstić information content (AvgIpc) is 3.44. The molecule has 3 aromatic heterocycles. The molecule has 0 radical (unpaired) electrons. The third-order valence-corrected chi connectivity index (χ3v) is 6.57.